The zero-order valence-corrected chi connectivity index (χ0v) is 32.4. The fourth-order valence-electron chi connectivity index (χ4n) is 6.40. The first kappa shape index (κ1) is 38.7. The number of nitrogens with zero attached hydrogens (tertiary/aromatic N) is 3. The topological polar surface area (TPSA) is 36.0 Å². The van der Waals surface area contributed by atoms with Crippen LogP contribution in [0.5, 0.6) is 0 Å². The van der Waals surface area contributed by atoms with Crippen molar-refractivity contribution in [3.05, 3.63) is 122 Å². The van der Waals surface area contributed by atoms with E-state index in [0.29, 0.717) is 10.6 Å². The Bertz CT molecular complexity index is 2060. The summed E-state index contributed by atoms with van der Waals surface area (Å²) in [6, 6.07) is 14.6. The minimum absolute atomic E-state index is 0.0274. The number of hydrogen-bond donors (Lipinski definition) is 0. The number of amides is 1. The first-order valence-corrected chi connectivity index (χ1v) is 18.5. The molecule has 13 heteroatoms. The van der Waals surface area contributed by atoms with E-state index in [1.54, 1.807) is 32.0 Å². The monoisotopic (exact) mass is 833 g/mol. The summed E-state index contributed by atoms with van der Waals surface area (Å²) >= 11 is 13.5. The molecule has 0 aromatic heterocycles. The Labute approximate surface area is 311 Å². The molecule has 1 fully saturated rings. The maximum atomic E-state index is 14.9. The molecule has 1 amide bonds. The molecule has 0 aliphatic carbocycles. The van der Waals surface area contributed by atoms with Gasteiger partial charge in [0.25, 0.3) is 0 Å². The second-order valence-corrected chi connectivity index (χ2v) is 16.0. The van der Waals surface area contributed by atoms with Crippen molar-refractivity contribution in [1.29, 1.82) is 0 Å². The van der Waals surface area contributed by atoms with Crippen molar-refractivity contribution in [2.75, 3.05) is 21.4 Å². The summed E-state index contributed by atoms with van der Waals surface area (Å²) in [5.74, 6) is -12.9. The number of rotatable bonds is 7. The molecule has 1 aliphatic rings. The van der Waals surface area contributed by atoms with E-state index in [-0.39, 0.29) is 12.2 Å². The van der Waals surface area contributed by atoms with Crippen LogP contribution in [-0.2, 0) is 21.1 Å². The molecular weight excluding hydrogens is 797 g/mol. The maximum absolute atomic E-state index is 14.9. The minimum atomic E-state index is -2.37. The van der Waals surface area contributed by atoms with Crippen molar-refractivity contribution in [2.24, 2.45) is 0 Å². The fourth-order valence-corrected chi connectivity index (χ4v) is 9.46. The van der Waals surface area contributed by atoms with Gasteiger partial charge in [-0.2, -0.15) is 0 Å². The van der Waals surface area contributed by atoms with Gasteiger partial charge in [-0.3, -0.25) is 0 Å². The van der Waals surface area contributed by atoms with Gasteiger partial charge in [0.2, 0.25) is 0 Å². The summed E-state index contributed by atoms with van der Waals surface area (Å²) in [6.45, 7) is 15.4. The van der Waals surface area contributed by atoms with Crippen molar-refractivity contribution >= 4 is 55.1 Å². The van der Waals surface area contributed by atoms with Crippen LogP contribution in [0.4, 0.5) is 39.0 Å². The Morgan fingerprint density at radius 2 is 1.27 bits per heavy atom. The van der Waals surface area contributed by atoms with E-state index in [0.717, 1.165) is 49.1 Å². The van der Waals surface area contributed by atoms with E-state index in [1.807, 2.05) is 51.1 Å². The zero-order valence-electron chi connectivity index (χ0n) is 29.1. The molecule has 0 atom stereocenters. The molecule has 5 nitrogen and oxygen atoms in total. The van der Waals surface area contributed by atoms with Crippen molar-refractivity contribution in [3.63, 3.8) is 0 Å². The SMILES string of the molecule is Cc1cc(C)c(N2CC(Cl)(Cl)N(c3c(C)cc(C)cc3C)[C]2=[Ru]=[CH]c2ccccc2N(OC(C)C)C(=O)c2c(F)c(F)c(F)c(F)c2F)c(C)c1. The van der Waals surface area contributed by atoms with E-state index in [2.05, 4.69) is 29.2 Å². The second-order valence-electron chi connectivity index (χ2n) is 12.8. The number of para-hydroxylation sites is 1. The first-order chi connectivity index (χ1) is 23.8. The summed E-state index contributed by atoms with van der Waals surface area (Å²) in [5.41, 5.74) is 6.68. The van der Waals surface area contributed by atoms with Gasteiger partial charge in [0.05, 0.1) is 0 Å². The number of alkyl halides is 2. The van der Waals surface area contributed by atoms with Crippen molar-refractivity contribution in [2.45, 2.75) is 66.0 Å². The van der Waals surface area contributed by atoms with Crippen LogP contribution in [0, 0.1) is 70.6 Å². The predicted octanol–water partition coefficient (Wildman–Crippen LogP) is 9.70. The number of halogens is 7. The summed E-state index contributed by atoms with van der Waals surface area (Å²) in [6.07, 6.45) is -0.737. The third-order valence-electron chi connectivity index (χ3n) is 8.17. The number of hydroxylamine groups is 1. The van der Waals surface area contributed by atoms with Gasteiger partial charge in [0.1, 0.15) is 0 Å². The molecule has 0 spiro atoms. The third-order valence-corrected chi connectivity index (χ3v) is 10.8. The normalized spacial score (nSPS) is 14.2. The molecule has 272 valence electrons. The number of aryl methyl sites for hydroxylation is 6. The average Bonchev–Trinajstić information content (AvgIpc) is 3.28. The Morgan fingerprint density at radius 1 is 0.804 bits per heavy atom. The van der Waals surface area contributed by atoms with Gasteiger partial charge in [-0.25, -0.2) is 0 Å². The molecule has 51 heavy (non-hydrogen) atoms. The van der Waals surface area contributed by atoms with Crippen LogP contribution in [0.25, 0.3) is 0 Å². The molecule has 0 bridgehead atoms. The van der Waals surface area contributed by atoms with Gasteiger partial charge in [0.15, 0.2) is 0 Å². The van der Waals surface area contributed by atoms with Crippen LogP contribution in [0.3, 0.4) is 0 Å². The molecule has 5 rings (SSSR count). The molecule has 4 aromatic carbocycles. The van der Waals surface area contributed by atoms with Gasteiger partial charge in [-0.05, 0) is 0 Å². The van der Waals surface area contributed by atoms with Gasteiger partial charge in [-0.15, -0.1) is 0 Å². The molecule has 0 unspecified atom stereocenters. The van der Waals surface area contributed by atoms with E-state index in [9.17, 15) is 26.7 Å². The number of benzene rings is 4. The molecule has 0 N–H and O–H groups in total. The van der Waals surface area contributed by atoms with Crippen LogP contribution in [-0.4, -0.2) is 32.0 Å². The standard InChI is InChI=1S/C21H24Cl2N2.C17H12F5NO2.Ru/c1-13-7-15(3)19(16(4)8-13)24-11-21(22,23)25(12-24)20-17(5)9-14(2)10-18(20)6;1-8(2)25-23(10-7-5-4-6-9(10)3)17(24)11-12(18)14(20)16(22)15(21)13(11)19;/h7-10H,11H2,1-6H3;3-8H,1-2H3;. The first-order valence-electron chi connectivity index (χ1n) is 15.9. The van der Waals surface area contributed by atoms with Crippen LogP contribution < -0.4 is 14.9 Å². The zero-order chi connectivity index (χ0) is 37.7. The van der Waals surface area contributed by atoms with E-state index in [4.69, 9.17) is 28.0 Å². The molecule has 0 saturated carbocycles. The van der Waals surface area contributed by atoms with Crippen LogP contribution in [0.15, 0.2) is 48.5 Å². The Kier molecular flexibility index (Phi) is 11.3. The van der Waals surface area contributed by atoms with Crippen LogP contribution >= 0.6 is 23.2 Å². The van der Waals surface area contributed by atoms with Crippen molar-refractivity contribution < 1.29 is 47.8 Å². The summed E-state index contributed by atoms with van der Waals surface area (Å²) in [4.78, 5) is 23.5. The molecule has 1 aliphatic heterocycles. The summed E-state index contributed by atoms with van der Waals surface area (Å²) < 4.78 is 73.4. The number of hydrogen-bond acceptors (Lipinski definition) is 4. The van der Waals surface area contributed by atoms with Gasteiger partial charge < -0.3 is 0 Å². The fraction of sp³-hybridized carbons (Fsp3) is 0.289. The van der Waals surface area contributed by atoms with Crippen LogP contribution in [0.1, 0.15) is 63.1 Å². The van der Waals surface area contributed by atoms with Crippen molar-refractivity contribution in [3.8, 4) is 0 Å². The van der Waals surface area contributed by atoms with Crippen LogP contribution in [0.2, 0.25) is 0 Å². The third kappa shape index (κ3) is 7.41. The van der Waals surface area contributed by atoms with E-state index in [1.165, 1.54) is 6.07 Å². The molecule has 1 saturated heterocycles. The van der Waals surface area contributed by atoms with E-state index < -0.39 is 67.3 Å². The quantitative estimate of drug-likeness (QED) is 0.0354. The van der Waals surface area contributed by atoms with Gasteiger partial charge in [-0.1, -0.05) is 0 Å². The Morgan fingerprint density at radius 3 is 1.78 bits per heavy atom. The number of carbonyl (C=O) groups is 1. The second kappa shape index (κ2) is 14.9. The molecule has 0 radical (unpaired) electrons. The van der Waals surface area contributed by atoms with E-state index >= 15 is 0 Å². The number of anilines is 3. The Hall–Kier alpha value is -3.50. The van der Waals surface area contributed by atoms with Gasteiger partial charge in [0, 0.05) is 0 Å². The summed E-state index contributed by atoms with van der Waals surface area (Å²) in [5, 5.41) is 0.570. The summed E-state index contributed by atoms with van der Waals surface area (Å²) in [7, 11) is 0. The van der Waals surface area contributed by atoms with Crippen molar-refractivity contribution in [1.82, 2.24) is 0 Å². The predicted molar refractivity (Wildman–Crippen MR) is 191 cm³/mol. The number of carbonyl (C=O) groups excluding carboxylic acids is 1. The Balaban J connectivity index is 1.77. The van der Waals surface area contributed by atoms with Gasteiger partial charge >= 0.3 is 312 Å². The molecule has 4 aromatic rings. The molecular formula is C38H36Cl2F5N3O2Ru. The average molecular weight is 834 g/mol. The molecule has 1 heterocycles.